The smallest absolute Gasteiger partial charge is 0.342 e. The molecule has 1 unspecified atom stereocenters. The lowest BCUT2D eigenvalue weighted by molar-refractivity contribution is 0.0692. The van der Waals surface area contributed by atoms with Crippen molar-refractivity contribution in [3.63, 3.8) is 0 Å². The van der Waals surface area contributed by atoms with Crippen LogP contribution in [-0.2, 0) is 16.8 Å². The van der Waals surface area contributed by atoms with E-state index in [1.165, 1.54) is 0 Å². The van der Waals surface area contributed by atoms with Crippen molar-refractivity contribution in [3.8, 4) is 11.6 Å². The van der Waals surface area contributed by atoms with Crippen molar-refractivity contribution in [1.82, 2.24) is 9.97 Å². The maximum atomic E-state index is 11.1. The minimum Gasteiger partial charge on any atom is -0.477 e. The van der Waals surface area contributed by atoms with E-state index < -0.39 is 17.0 Å². The number of benzene rings is 1. The zero-order valence-corrected chi connectivity index (χ0v) is 10.9. The van der Waals surface area contributed by atoms with Gasteiger partial charge in [-0.2, -0.15) is 4.98 Å². The second-order valence-corrected chi connectivity index (χ2v) is 4.62. The number of aromatic carboxylic acids is 1. The van der Waals surface area contributed by atoms with Crippen LogP contribution in [0.4, 0.5) is 0 Å². The number of carboxylic acid groups (broad SMARTS) is 1. The fourth-order valence-electron chi connectivity index (χ4n) is 1.41. The molecule has 2 rings (SSSR count). The van der Waals surface area contributed by atoms with Gasteiger partial charge >= 0.3 is 5.97 Å². The molecular weight excluding hydrogens is 284 g/mol. The van der Waals surface area contributed by atoms with Crippen LogP contribution in [-0.4, -0.2) is 29.8 Å². The third-order valence-electron chi connectivity index (χ3n) is 2.24. The molecule has 0 aliphatic heterocycles. The van der Waals surface area contributed by atoms with Gasteiger partial charge in [-0.05, 0) is 12.1 Å². The van der Waals surface area contributed by atoms with E-state index in [2.05, 4.69) is 9.97 Å². The summed E-state index contributed by atoms with van der Waals surface area (Å²) >= 11 is -2.12. The molecule has 0 fully saturated rings. The highest BCUT2D eigenvalue weighted by Gasteiger charge is 2.16. The summed E-state index contributed by atoms with van der Waals surface area (Å²) in [5.41, 5.74) is -0.221. The molecular formula is C12H10N2O5S. The summed E-state index contributed by atoms with van der Waals surface area (Å²) in [6.07, 6.45) is 1.05. The second-order valence-electron chi connectivity index (χ2n) is 3.69. The van der Waals surface area contributed by atoms with Crippen LogP contribution in [0.5, 0.6) is 11.6 Å². The molecule has 1 heterocycles. The first kappa shape index (κ1) is 14.1. The van der Waals surface area contributed by atoms with Crippen LogP contribution >= 0.6 is 0 Å². The van der Waals surface area contributed by atoms with Crippen molar-refractivity contribution in [3.05, 3.63) is 47.9 Å². The molecule has 0 spiro atoms. The summed E-state index contributed by atoms with van der Waals surface area (Å²) in [6.45, 7) is 0. The van der Waals surface area contributed by atoms with E-state index in [0.29, 0.717) is 5.75 Å². The van der Waals surface area contributed by atoms with Gasteiger partial charge in [0, 0.05) is 6.20 Å². The first-order chi connectivity index (χ1) is 9.56. The lowest BCUT2D eigenvalue weighted by Crippen LogP contribution is -2.07. The summed E-state index contributed by atoms with van der Waals surface area (Å²) in [6, 6.07) is 8.50. The zero-order chi connectivity index (χ0) is 14.5. The van der Waals surface area contributed by atoms with Crippen LogP contribution in [0.15, 0.2) is 36.5 Å². The Kier molecular flexibility index (Phi) is 4.38. The molecule has 20 heavy (non-hydrogen) atoms. The summed E-state index contributed by atoms with van der Waals surface area (Å²) in [4.78, 5) is 18.7. The number of aromatic nitrogens is 2. The Morgan fingerprint density at radius 1 is 1.30 bits per heavy atom. The highest BCUT2D eigenvalue weighted by molar-refractivity contribution is 7.78. The van der Waals surface area contributed by atoms with Crippen LogP contribution in [0.1, 0.15) is 16.2 Å². The third-order valence-corrected chi connectivity index (χ3v) is 2.75. The van der Waals surface area contributed by atoms with Crippen molar-refractivity contribution in [2.24, 2.45) is 0 Å². The Balaban J connectivity index is 2.36. The first-order valence-corrected chi connectivity index (χ1v) is 6.73. The summed E-state index contributed by atoms with van der Waals surface area (Å²) < 4.78 is 24.9. The first-order valence-electron chi connectivity index (χ1n) is 5.46. The topological polar surface area (TPSA) is 110 Å². The van der Waals surface area contributed by atoms with E-state index in [0.717, 1.165) is 6.20 Å². The molecule has 0 radical (unpaired) electrons. The van der Waals surface area contributed by atoms with Crippen LogP contribution in [0, 0.1) is 0 Å². The number of carboxylic acids is 1. The fourth-order valence-corrected chi connectivity index (χ4v) is 1.77. The van der Waals surface area contributed by atoms with Gasteiger partial charge in [-0.15, -0.1) is 0 Å². The highest BCUT2D eigenvalue weighted by atomic mass is 32.2. The quantitative estimate of drug-likeness (QED) is 0.807. The Morgan fingerprint density at radius 2 is 2.00 bits per heavy atom. The lowest BCUT2D eigenvalue weighted by atomic mass is 10.3. The highest BCUT2D eigenvalue weighted by Crippen LogP contribution is 2.22. The zero-order valence-electron chi connectivity index (χ0n) is 10.1. The molecule has 0 amide bonds. The van der Waals surface area contributed by atoms with Crippen LogP contribution in [0.3, 0.4) is 0 Å². The van der Waals surface area contributed by atoms with Crippen molar-refractivity contribution >= 4 is 17.0 Å². The van der Waals surface area contributed by atoms with Gasteiger partial charge in [-0.25, -0.2) is 14.0 Å². The number of hydrogen-bond donors (Lipinski definition) is 2. The van der Waals surface area contributed by atoms with Gasteiger partial charge < -0.3 is 14.4 Å². The molecule has 8 heteroatoms. The molecule has 1 aromatic heterocycles. The van der Waals surface area contributed by atoms with Gasteiger partial charge in [-0.3, -0.25) is 0 Å². The summed E-state index contributed by atoms with van der Waals surface area (Å²) in [5.74, 6) is -1.27. The minimum atomic E-state index is -2.12. The van der Waals surface area contributed by atoms with E-state index in [-0.39, 0.29) is 23.0 Å². The summed E-state index contributed by atoms with van der Waals surface area (Å²) in [7, 11) is 0. The van der Waals surface area contributed by atoms with Gasteiger partial charge in [0.25, 0.3) is 0 Å². The Morgan fingerprint density at radius 3 is 2.60 bits per heavy atom. The van der Waals surface area contributed by atoms with Crippen molar-refractivity contribution in [1.29, 1.82) is 0 Å². The van der Waals surface area contributed by atoms with E-state index >= 15 is 0 Å². The molecule has 2 aromatic rings. The number of rotatable bonds is 5. The summed E-state index contributed by atoms with van der Waals surface area (Å²) in [5, 5.41) is 9.05. The minimum absolute atomic E-state index is 0.0294. The van der Waals surface area contributed by atoms with Crippen LogP contribution in [0.2, 0.25) is 0 Å². The average Bonchev–Trinajstić information content (AvgIpc) is 2.39. The fraction of sp³-hybridized carbons (Fsp3) is 0.0833. The Bertz CT molecular complexity index is 648. The van der Waals surface area contributed by atoms with E-state index in [1.807, 2.05) is 0 Å². The molecule has 1 aromatic carbocycles. The predicted octanol–water partition coefficient (Wildman–Crippen LogP) is 1.69. The molecule has 104 valence electrons. The van der Waals surface area contributed by atoms with Gasteiger partial charge in [0.15, 0.2) is 11.1 Å². The molecule has 0 aliphatic carbocycles. The number of carbonyl (C=O) groups is 1. The van der Waals surface area contributed by atoms with Crippen LogP contribution in [0.25, 0.3) is 0 Å². The third kappa shape index (κ3) is 3.59. The lowest BCUT2D eigenvalue weighted by Gasteiger charge is -2.08. The molecule has 0 aliphatic rings. The molecule has 0 saturated carbocycles. The van der Waals surface area contributed by atoms with E-state index in [9.17, 15) is 9.00 Å². The molecule has 7 nitrogen and oxygen atoms in total. The van der Waals surface area contributed by atoms with Crippen molar-refractivity contribution < 1.29 is 23.4 Å². The van der Waals surface area contributed by atoms with Gasteiger partial charge in [0.1, 0.15) is 22.9 Å². The number of hydrogen-bond acceptors (Lipinski definition) is 5. The Labute approximate surface area is 116 Å². The van der Waals surface area contributed by atoms with Crippen molar-refractivity contribution in [2.75, 3.05) is 0 Å². The SMILES string of the molecule is O=C(O)c1cnc(CS(=O)O)nc1Oc1ccccc1. The van der Waals surface area contributed by atoms with Crippen LogP contribution < -0.4 is 4.74 Å². The number of ether oxygens (including phenoxy) is 1. The number of para-hydroxylation sites is 1. The molecule has 2 N–H and O–H groups in total. The second kappa shape index (κ2) is 6.22. The van der Waals surface area contributed by atoms with Gasteiger partial charge in [0.05, 0.1) is 0 Å². The molecule has 0 saturated heterocycles. The standard InChI is InChI=1S/C12H10N2O5S/c15-12(16)9-6-13-10(7-20(17)18)14-11(9)19-8-4-2-1-3-5-8/h1-6H,7H2,(H,15,16)(H,17,18). The molecule has 1 atom stereocenters. The Hall–Kier alpha value is -2.32. The van der Waals surface area contributed by atoms with E-state index in [4.69, 9.17) is 14.4 Å². The predicted molar refractivity (Wildman–Crippen MR) is 70.0 cm³/mol. The van der Waals surface area contributed by atoms with Gasteiger partial charge in [-0.1, -0.05) is 18.2 Å². The maximum Gasteiger partial charge on any atom is 0.342 e. The van der Waals surface area contributed by atoms with Crippen molar-refractivity contribution in [2.45, 2.75) is 5.75 Å². The number of nitrogens with zero attached hydrogens (tertiary/aromatic N) is 2. The normalized spacial score (nSPS) is 11.8. The molecule has 0 bridgehead atoms. The van der Waals surface area contributed by atoms with E-state index in [1.54, 1.807) is 30.3 Å². The maximum absolute atomic E-state index is 11.1. The largest absolute Gasteiger partial charge is 0.477 e. The average molecular weight is 294 g/mol. The van der Waals surface area contributed by atoms with Gasteiger partial charge in [0.2, 0.25) is 5.88 Å². The monoisotopic (exact) mass is 294 g/mol.